The molecular formula is C27H32ClF3N4O3S. The second-order valence-corrected chi connectivity index (χ2v) is 11.0. The lowest BCUT2D eigenvalue weighted by Crippen LogP contribution is -2.61. The monoisotopic (exact) mass is 584 g/mol. The quantitative estimate of drug-likeness (QED) is 0.542. The molecule has 5 rings (SSSR count). The molecule has 0 aromatic heterocycles. The van der Waals surface area contributed by atoms with Crippen LogP contribution in [-0.2, 0) is 10.4 Å². The number of carbonyl (C=O) groups is 2. The zero-order valence-electron chi connectivity index (χ0n) is 21.5. The number of piperidine rings is 1. The van der Waals surface area contributed by atoms with Crippen molar-refractivity contribution in [1.82, 2.24) is 14.7 Å². The number of aliphatic hydroxyl groups is 1. The van der Waals surface area contributed by atoms with E-state index in [1.54, 1.807) is 29.2 Å². The van der Waals surface area contributed by atoms with Crippen LogP contribution in [0.1, 0.15) is 35.7 Å². The van der Waals surface area contributed by atoms with Gasteiger partial charge >= 0.3 is 0 Å². The molecule has 0 bridgehead atoms. The summed E-state index contributed by atoms with van der Waals surface area (Å²) in [7, 11) is 0. The van der Waals surface area contributed by atoms with Gasteiger partial charge in [-0.3, -0.25) is 14.5 Å². The average Bonchev–Trinajstić information content (AvgIpc) is 2.84. The molecule has 3 fully saturated rings. The van der Waals surface area contributed by atoms with E-state index in [0.29, 0.717) is 19.1 Å². The van der Waals surface area contributed by atoms with Crippen molar-refractivity contribution in [3.05, 3.63) is 64.4 Å². The highest BCUT2D eigenvalue weighted by molar-refractivity contribution is 7.59. The Bertz CT molecular complexity index is 1230. The summed E-state index contributed by atoms with van der Waals surface area (Å²) in [5, 5.41) is 14.4. The maximum Gasteiger partial charge on any atom is 0.282 e. The van der Waals surface area contributed by atoms with Crippen LogP contribution in [-0.4, -0.2) is 88.9 Å². The highest BCUT2D eigenvalue weighted by Crippen LogP contribution is 2.32. The van der Waals surface area contributed by atoms with E-state index in [1.165, 1.54) is 25.1 Å². The van der Waals surface area contributed by atoms with Crippen LogP contribution in [0, 0.1) is 5.82 Å². The molecular weight excluding hydrogens is 553 g/mol. The number of alkyl halides is 2. The lowest BCUT2D eigenvalue weighted by atomic mass is 9.92. The topological polar surface area (TPSA) is 76.1 Å². The van der Waals surface area contributed by atoms with Crippen molar-refractivity contribution in [2.45, 2.75) is 43.4 Å². The number of hydrogen-bond donors (Lipinski definition) is 2. The number of benzene rings is 2. The van der Waals surface area contributed by atoms with Gasteiger partial charge in [0.05, 0.1) is 29.7 Å². The van der Waals surface area contributed by atoms with Crippen LogP contribution >= 0.6 is 25.1 Å². The Morgan fingerprint density at radius 2 is 1.74 bits per heavy atom. The number of rotatable bonds is 6. The van der Waals surface area contributed by atoms with Crippen molar-refractivity contribution in [1.29, 1.82) is 0 Å². The highest BCUT2D eigenvalue weighted by atomic mass is 35.5. The number of anilines is 1. The Morgan fingerprint density at radius 3 is 2.33 bits per heavy atom. The van der Waals surface area contributed by atoms with Gasteiger partial charge in [0, 0.05) is 37.9 Å². The summed E-state index contributed by atoms with van der Waals surface area (Å²) in [5.41, 5.74) is -0.589. The number of amides is 2. The number of nitrogens with one attached hydrogen (secondary N) is 1. The molecule has 12 heteroatoms. The lowest BCUT2D eigenvalue weighted by Gasteiger charge is -2.48. The van der Waals surface area contributed by atoms with Gasteiger partial charge in [-0.15, -0.1) is 0 Å². The van der Waals surface area contributed by atoms with E-state index in [4.69, 9.17) is 11.6 Å². The first-order valence-corrected chi connectivity index (χ1v) is 13.1. The molecule has 3 aliphatic rings. The van der Waals surface area contributed by atoms with Gasteiger partial charge in [-0.2, -0.15) is 13.5 Å². The predicted molar refractivity (Wildman–Crippen MR) is 147 cm³/mol. The van der Waals surface area contributed by atoms with Gasteiger partial charge < -0.3 is 20.2 Å². The Balaban J connectivity index is 0.00000353. The fraction of sp³-hybridized carbons (Fsp3) is 0.481. The van der Waals surface area contributed by atoms with Gasteiger partial charge in [-0.25, -0.2) is 13.2 Å². The smallest absolute Gasteiger partial charge is 0.282 e. The first-order valence-electron chi connectivity index (χ1n) is 12.7. The SMILES string of the molecule is C[C@@](O)(C(=O)N1CCC(N2CC(Nc3ccc(C(=O)N4CC(F)(F)C4)c(Cl)c3)C2)CC1)c1cccc(F)c1.S. The van der Waals surface area contributed by atoms with E-state index >= 15 is 0 Å². The Hall–Kier alpha value is -2.47. The second-order valence-electron chi connectivity index (χ2n) is 10.6. The molecule has 0 unspecified atom stereocenters. The maximum absolute atomic E-state index is 13.6. The molecule has 1 atom stereocenters. The largest absolute Gasteiger partial charge is 0.380 e. The molecule has 39 heavy (non-hydrogen) atoms. The summed E-state index contributed by atoms with van der Waals surface area (Å²) < 4.78 is 39.8. The molecule has 0 saturated carbocycles. The molecule has 212 valence electrons. The Morgan fingerprint density at radius 1 is 1.08 bits per heavy atom. The van der Waals surface area contributed by atoms with Gasteiger partial charge in [0.1, 0.15) is 5.82 Å². The zero-order valence-corrected chi connectivity index (χ0v) is 23.2. The maximum atomic E-state index is 13.6. The third-order valence-electron chi connectivity index (χ3n) is 7.68. The minimum absolute atomic E-state index is 0. The van der Waals surface area contributed by atoms with Crippen LogP contribution in [0.25, 0.3) is 0 Å². The molecule has 2 N–H and O–H groups in total. The molecule has 2 aromatic rings. The Labute approximate surface area is 237 Å². The van der Waals surface area contributed by atoms with E-state index in [-0.39, 0.29) is 35.7 Å². The van der Waals surface area contributed by atoms with Gasteiger partial charge in [0.2, 0.25) is 0 Å². The van der Waals surface area contributed by atoms with E-state index in [9.17, 15) is 27.9 Å². The summed E-state index contributed by atoms with van der Waals surface area (Å²) in [6, 6.07) is 10.9. The lowest BCUT2D eigenvalue weighted by molar-refractivity contribution is -0.152. The molecule has 0 radical (unpaired) electrons. The average molecular weight is 585 g/mol. The number of likely N-dealkylation sites (tertiary alicyclic amines) is 3. The van der Waals surface area contributed by atoms with Crippen molar-refractivity contribution in [2.24, 2.45) is 0 Å². The van der Waals surface area contributed by atoms with Crippen molar-refractivity contribution in [3.63, 3.8) is 0 Å². The standard InChI is InChI=1S/C27H30ClF3N4O3.H2S/c1-26(38,17-3-2-4-18(29)11-17)25(37)33-9-7-21(8-10-33)34-13-20(14-34)32-19-5-6-22(23(28)12-19)24(36)35-15-27(30,31)16-35;/h2-6,11-12,20-21,32,38H,7-10,13-16H2,1H3;1H2/t26-;/m0./s1. The van der Waals surface area contributed by atoms with Gasteiger partial charge in [-0.05, 0) is 55.7 Å². The van der Waals surface area contributed by atoms with E-state index in [1.807, 2.05) is 0 Å². The molecule has 0 aliphatic carbocycles. The third-order valence-corrected chi connectivity index (χ3v) is 8.00. The molecule has 2 aromatic carbocycles. The number of hydrogen-bond acceptors (Lipinski definition) is 5. The second kappa shape index (κ2) is 11.2. The fourth-order valence-corrected chi connectivity index (χ4v) is 5.66. The molecule has 2 amide bonds. The fourth-order valence-electron chi connectivity index (χ4n) is 5.40. The normalized spacial score (nSPS) is 21.3. The summed E-state index contributed by atoms with van der Waals surface area (Å²) in [5.74, 6) is -4.24. The minimum atomic E-state index is -2.83. The Kier molecular flexibility index (Phi) is 8.47. The van der Waals surface area contributed by atoms with Gasteiger partial charge in [-0.1, -0.05) is 23.7 Å². The van der Waals surface area contributed by atoms with Crippen molar-refractivity contribution in [2.75, 3.05) is 44.6 Å². The van der Waals surface area contributed by atoms with Gasteiger partial charge in [0.15, 0.2) is 5.60 Å². The van der Waals surface area contributed by atoms with Crippen molar-refractivity contribution < 1.29 is 27.9 Å². The molecule has 7 nitrogen and oxygen atoms in total. The summed E-state index contributed by atoms with van der Waals surface area (Å²) in [6.07, 6.45) is 1.55. The summed E-state index contributed by atoms with van der Waals surface area (Å²) in [4.78, 5) is 30.4. The molecule has 3 saturated heterocycles. The molecule has 0 spiro atoms. The highest BCUT2D eigenvalue weighted by Gasteiger charge is 2.46. The minimum Gasteiger partial charge on any atom is -0.380 e. The van der Waals surface area contributed by atoms with Gasteiger partial charge in [0.25, 0.3) is 17.7 Å². The van der Waals surface area contributed by atoms with Crippen molar-refractivity contribution >= 4 is 42.6 Å². The molecule has 3 aliphatic heterocycles. The summed E-state index contributed by atoms with van der Waals surface area (Å²) >= 11 is 6.28. The molecule has 3 heterocycles. The van der Waals surface area contributed by atoms with Crippen LogP contribution in [0.2, 0.25) is 5.02 Å². The van der Waals surface area contributed by atoms with E-state index in [0.717, 1.165) is 36.5 Å². The van der Waals surface area contributed by atoms with Crippen molar-refractivity contribution in [3.8, 4) is 0 Å². The number of carbonyl (C=O) groups excluding carboxylic acids is 2. The zero-order chi connectivity index (χ0) is 27.2. The predicted octanol–water partition coefficient (Wildman–Crippen LogP) is 3.68. The van der Waals surface area contributed by atoms with E-state index in [2.05, 4.69) is 10.2 Å². The van der Waals surface area contributed by atoms with Crippen LogP contribution in [0.5, 0.6) is 0 Å². The van der Waals surface area contributed by atoms with Crippen LogP contribution in [0.3, 0.4) is 0 Å². The first-order chi connectivity index (χ1) is 17.9. The summed E-state index contributed by atoms with van der Waals surface area (Å²) in [6.45, 7) is 2.87. The first kappa shape index (κ1) is 29.5. The van der Waals surface area contributed by atoms with Crippen LogP contribution in [0.15, 0.2) is 42.5 Å². The van der Waals surface area contributed by atoms with E-state index < -0.39 is 42.2 Å². The number of nitrogens with zero attached hydrogens (tertiary/aromatic N) is 3. The van der Waals surface area contributed by atoms with Crippen LogP contribution < -0.4 is 5.32 Å². The van der Waals surface area contributed by atoms with Crippen LogP contribution in [0.4, 0.5) is 18.9 Å². The third kappa shape index (κ3) is 6.16. The number of halogens is 4.